The van der Waals surface area contributed by atoms with E-state index in [9.17, 15) is 19.2 Å². The second kappa shape index (κ2) is 48.4. The highest BCUT2D eigenvalue weighted by Crippen LogP contribution is 2.22. The Kier molecular flexibility index (Phi) is 45.6. The lowest BCUT2D eigenvalue weighted by molar-refractivity contribution is -0.150. The molecule has 0 spiro atoms. The van der Waals surface area contributed by atoms with Crippen molar-refractivity contribution < 1.29 is 38.1 Å². The Bertz CT molecular complexity index is 1130. The first-order valence-electron chi connectivity index (χ1n) is 28.6. The number of carbonyl (C=O) groups excluding carboxylic acids is 4. The third-order valence-corrected chi connectivity index (χ3v) is 15.5. The Labute approximate surface area is 431 Å². The molecule has 0 bridgehead atoms. The van der Waals surface area contributed by atoms with Crippen LogP contribution in [0.15, 0.2) is 0 Å². The first kappa shape index (κ1) is 65.1. The van der Waals surface area contributed by atoms with Crippen LogP contribution in [0, 0.1) is 0 Å². The van der Waals surface area contributed by atoms with Crippen LogP contribution in [-0.4, -0.2) is 135 Å². The van der Waals surface area contributed by atoms with Gasteiger partial charge in [0, 0.05) is 76.7 Å². The van der Waals surface area contributed by atoms with Gasteiger partial charge in [0.25, 0.3) is 0 Å². The number of rotatable bonds is 48. The first-order valence-corrected chi connectivity index (χ1v) is 31.1. The van der Waals surface area contributed by atoms with Gasteiger partial charge in [-0.05, 0) is 71.3 Å². The monoisotopic (exact) mass is 1010 g/mol. The fraction of sp³-hybridized carbons (Fsp3) is 0.927. The average Bonchev–Trinajstić information content (AvgIpc) is 3.33. The third kappa shape index (κ3) is 41.3. The van der Waals surface area contributed by atoms with Gasteiger partial charge >= 0.3 is 24.1 Å². The summed E-state index contributed by atoms with van der Waals surface area (Å²) in [5.74, 6) is 0.810. The highest BCUT2D eigenvalue weighted by molar-refractivity contribution is 8.76. The molecule has 69 heavy (non-hydrogen) atoms. The minimum absolute atomic E-state index is 0.0517. The number of amides is 2. The van der Waals surface area contributed by atoms with Crippen LogP contribution in [-0.2, 0) is 28.5 Å². The number of nitrogens with one attached hydrogen (secondary N) is 1. The van der Waals surface area contributed by atoms with Gasteiger partial charge in [0.2, 0.25) is 0 Å². The lowest BCUT2D eigenvalue weighted by Crippen LogP contribution is -2.47. The molecule has 1 saturated heterocycles. The molecule has 0 atom stereocenters. The molecule has 1 N–H and O–H groups in total. The topological polar surface area (TPSA) is 127 Å². The number of likely N-dealkylation sites (N-methyl/N-ethyl adjacent to an activating group) is 1. The van der Waals surface area contributed by atoms with Crippen molar-refractivity contribution in [1.82, 2.24) is 20.0 Å². The smallest absolute Gasteiger partial charge is 0.409 e. The van der Waals surface area contributed by atoms with E-state index in [0.717, 1.165) is 84.1 Å². The summed E-state index contributed by atoms with van der Waals surface area (Å²) in [7, 11) is 5.27. The Morgan fingerprint density at radius 1 is 0.507 bits per heavy atom. The SMILES string of the molecule is CCCCCCCCC(CCCCCCCC)OC(=O)CCCN(CCCC(=O)OC(CCCCCCCC)CCCCCCCC)C(=O)OCCSSCCOC(=O)NCCN1CCN(C)CC1. The van der Waals surface area contributed by atoms with Crippen molar-refractivity contribution in [2.24, 2.45) is 0 Å². The maximum Gasteiger partial charge on any atom is 0.409 e. The summed E-state index contributed by atoms with van der Waals surface area (Å²) in [6.07, 6.45) is 33.2. The van der Waals surface area contributed by atoms with Gasteiger partial charge in [0.05, 0.1) is 0 Å². The van der Waals surface area contributed by atoms with Crippen LogP contribution in [0.4, 0.5) is 9.59 Å². The van der Waals surface area contributed by atoms with E-state index in [2.05, 4.69) is 49.9 Å². The maximum atomic E-state index is 13.5. The van der Waals surface area contributed by atoms with Gasteiger partial charge in [-0.25, -0.2) is 9.59 Å². The molecule has 1 aliphatic rings. The Morgan fingerprint density at radius 2 is 0.884 bits per heavy atom. The standard InChI is InChI=1S/C55H106N4O8S2/c1-6-10-14-18-22-26-32-50(33-27-23-19-15-11-7-2)66-52(60)36-30-39-59(40-31-37-53(61)67-51(34-28-24-20-16-12-8-3)35-29-25-21-17-13-9-4)55(63)65-47-49-69-68-48-46-64-54(62)56-38-41-58-44-42-57(5)43-45-58/h50-51H,6-49H2,1-5H3,(H,56,62). The van der Waals surface area contributed by atoms with Crippen molar-refractivity contribution in [2.75, 3.05) is 84.1 Å². The largest absolute Gasteiger partial charge is 0.462 e. The van der Waals surface area contributed by atoms with Gasteiger partial charge < -0.3 is 34.1 Å². The van der Waals surface area contributed by atoms with Gasteiger partial charge in [-0.3, -0.25) is 14.5 Å². The van der Waals surface area contributed by atoms with E-state index in [1.54, 1.807) is 26.5 Å². The molecule has 1 fully saturated rings. The molecule has 1 heterocycles. The molecule has 12 nitrogen and oxygen atoms in total. The fourth-order valence-corrected chi connectivity index (χ4v) is 10.4. The zero-order valence-corrected chi connectivity index (χ0v) is 46.8. The number of ether oxygens (including phenoxy) is 4. The lowest BCUT2D eigenvalue weighted by Gasteiger charge is -2.32. The molecule has 14 heteroatoms. The molecule has 0 unspecified atom stereocenters. The number of nitrogens with zero attached hydrogens (tertiary/aromatic N) is 3. The van der Waals surface area contributed by atoms with Crippen LogP contribution in [0.2, 0.25) is 0 Å². The minimum Gasteiger partial charge on any atom is -0.462 e. The summed E-state index contributed by atoms with van der Waals surface area (Å²) in [5, 5.41) is 2.84. The van der Waals surface area contributed by atoms with E-state index in [-0.39, 0.29) is 43.6 Å². The van der Waals surface area contributed by atoms with Crippen LogP contribution >= 0.6 is 21.6 Å². The molecule has 0 radical (unpaired) electrons. The second-order valence-electron chi connectivity index (χ2n) is 19.6. The van der Waals surface area contributed by atoms with E-state index < -0.39 is 12.2 Å². The van der Waals surface area contributed by atoms with Gasteiger partial charge in [-0.1, -0.05) is 178 Å². The van der Waals surface area contributed by atoms with E-state index >= 15 is 0 Å². The summed E-state index contributed by atoms with van der Waals surface area (Å²) >= 11 is 0. The molecule has 2 amide bonds. The summed E-state index contributed by atoms with van der Waals surface area (Å²) in [6, 6.07) is 0. The van der Waals surface area contributed by atoms with Crippen molar-refractivity contribution in [2.45, 2.75) is 245 Å². The molecule has 0 aromatic heterocycles. The van der Waals surface area contributed by atoms with Crippen LogP contribution < -0.4 is 5.32 Å². The fourth-order valence-electron chi connectivity index (χ4n) is 8.73. The Morgan fingerprint density at radius 3 is 1.29 bits per heavy atom. The van der Waals surface area contributed by atoms with Gasteiger partial charge in [0.15, 0.2) is 0 Å². The van der Waals surface area contributed by atoms with Crippen molar-refractivity contribution in [3.05, 3.63) is 0 Å². The van der Waals surface area contributed by atoms with E-state index in [4.69, 9.17) is 18.9 Å². The van der Waals surface area contributed by atoms with E-state index in [1.165, 1.54) is 128 Å². The van der Waals surface area contributed by atoms with E-state index in [1.807, 2.05) is 0 Å². The number of unbranched alkanes of at least 4 members (excludes halogenated alkanes) is 20. The molecule has 0 saturated carbocycles. The van der Waals surface area contributed by atoms with Crippen LogP contribution in [0.5, 0.6) is 0 Å². The zero-order valence-electron chi connectivity index (χ0n) is 45.2. The number of esters is 2. The first-order chi connectivity index (χ1) is 33.7. The quantitative estimate of drug-likeness (QED) is 0.0270. The highest BCUT2D eigenvalue weighted by atomic mass is 33.1. The summed E-state index contributed by atoms with van der Waals surface area (Å²) in [6.45, 7) is 15.7. The summed E-state index contributed by atoms with van der Waals surface area (Å²) in [5.41, 5.74) is 0. The molecule has 406 valence electrons. The van der Waals surface area contributed by atoms with E-state index in [0.29, 0.717) is 50.6 Å². The maximum absolute atomic E-state index is 13.5. The molecule has 0 aliphatic carbocycles. The summed E-state index contributed by atoms with van der Waals surface area (Å²) < 4.78 is 23.3. The van der Waals surface area contributed by atoms with Gasteiger partial charge in [-0.15, -0.1) is 0 Å². The second-order valence-corrected chi connectivity index (χ2v) is 22.3. The number of piperazine rings is 1. The molecule has 0 aromatic carbocycles. The highest BCUT2D eigenvalue weighted by Gasteiger charge is 2.20. The van der Waals surface area contributed by atoms with Gasteiger partial charge in [-0.2, -0.15) is 0 Å². The lowest BCUT2D eigenvalue weighted by atomic mass is 10.0. The Hall–Kier alpha value is -1.90. The molecular weight excluding hydrogens is 909 g/mol. The molecule has 1 rings (SSSR count). The molecular formula is C55H106N4O8S2. The molecule has 0 aromatic rings. The van der Waals surface area contributed by atoms with Crippen LogP contribution in [0.1, 0.15) is 233 Å². The predicted octanol–water partition coefficient (Wildman–Crippen LogP) is 14.2. The third-order valence-electron chi connectivity index (χ3n) is 13.2. The number of hydrogen-bond donors (Lipinski definition) is 1. The number of carbonyl (C=O) groups is 4. The van der Waals surface area contributed by atoms with Crippen LogP contribution in [0.3, 0.4) is 0 Å². The van der Waals surface area contributed by atoms with Crippen LogP contribution in [0.25, 0.3) is 0 Å². The van der Waals surface area contributed by atoms with Gasteiger partial charge in [0.1, 0.15) is 25.4 Å². The van der Waals surface area contributed by atoms with Crippen molar-refractivity contribution >= 4 is 45.7 Å². The number of alkyl carbamates (subject to hydrolysis) is 1. The minimum atomic E-state index is -0.438. The number of hydrogen-bond acceptors (Lipinski definition) is 12. The van der Waals surface area contributed by atoms with Crippen molar-refractivity contribution in [1.29, 1.82) is 0 Å². The Balaban J connectivity index is 2.70. The predicted molar refractivity (Wildman–Crippen MR) is 291 cm³/mol. The molecule has 1 aliphatic heterocycles. The normalized spacial score (nSPS) is 13.3. The summed E-state index contributed by atoms with van der Waals surface area (Å²) in [4.78, 5) is 58.4. The zero-order chi connectivity index (χ0) is 50.3. The average molecular weight is 1020 g/mol. The van der Waals surface area contributed by atoms with Crippen molar-refractivity contribution in [3.8, 4) is 0 Å². The van der Waals surface area contributed by atoms with Crippen molar-refractivity contribution in [3.63, 3.8) is 0 Å².